The summed E-state index contributed by atoms with van der Waals surface area (Å²) >= 11 is 0. The van der Waals surface area contributed by atoms with Crippen LogP contribution in [-0.2, 0) is 16.0 Å². The molecule has 1 aliphatic heterocycles. The highest BCUT2D eigenvalue weighted by Crippen LogP contribution is 2.27. The van der Waals surface area contributed by atoms with E-state index in [1.807, 2.05) is 6.07 Å². The molecule has 2 aromatic carbocycles. The summed E-state index contributed by atoms with van der Waals surface area (Å²) in [6, 6.07) is 25.7. The van der Waals surface area contributed by atoms with Gasteiger partial charge in [-0.3, -0.25) is 0 Å². The minimum Gasteiger partial charge on any atom is -0.378 e. The minimum absolute atomic E-state index is 0.652. The highest BCUT2D eigenvalue weighted by molar-refractivity contribution is 5.61. The second-order valence-corrected chi connectivity index (χ2v) is 8.44. The van der Waals surface area contributed by atoms with Gasteiger partial charge in [0.2, 0.25) is 0 Å². The zero-order valence-electron chi connectivity index (χ0n) is 18.9. The first-order valence-corrected chi connectivity index (χ1v) is 11.9. The number of likely N-dealkylation sites (tertiary alicyclic amines) is 1. The third kappa shape index (κ3) is 6.99. The van der Waals surface area contributed by atoms with Crippen LogP contribution in [0.2, 0.25) is 0 Å². The maximum atomic E-state index is 5.79. The van der Waals surface area contributed by atoms with Crippen molar-refractivity contribution in [3.05, 3.63) is 90.8 Å². The lowest BCUT2D eigenvalue weighted by atomic mass is 9.89. The molecule has 1 aliphatic rings. The molecule has 0 radical (unpaired) electrons. The molecule has 0 saturated carbocycles. The smallest absolute Gasteiger partial charge is 0.171 e. The van der Waals surface area contributed by atoms with Gasteiger partial charge in [0, 0.05) is 18.7 Å². The fraction of sp³-hybridized carbons (Fsp3) is 0.393. The molecular weight excluding hydrogens is 396 g/mol. The molecule has 0 aliphatic carbocycles. The molecule has 4 rings (SSSR count). The molecule has 3 aromatic rings. The molecule has 0 unspecified atom stereocenters. The number of hydrogen-bond acceptors (Lipinski definition) is 3. The average molecular weight is 432 g/mol. The van der Waals surface area contributed by atoms with Crippen LogP contribution in [0, 0.1) is 0 Å². The SMILES string of the molecule is c1ccc(-c2cc[n+](CCOCCOCCN3CCC(c4ccccc4)CC3)cc2)cc1. The standard InChI is InChI=1S/C28H35N2O2/c1-3-7-25(8-4-1)27-11-15-29(16-12-27)19-21-31-23-24-32-22-20-30-17-13-28(14-18-30)26-9-5-2-6-10-26/h1-12,15-16,28H,13-14,17-24H2/q+1. The van der Waals surface area contributed by atoms with Crippen molar-refractivity contribution in [1.29, 1.82) is 0 Å². The van der Waals surface area contributed by atoms with Gasteiger partial charge in [0.15, 0.2) is 18.9 Å². The minimum atomic E-state index is 0.652. The van der Waals surface area contributed by atoms with E-state index in [2.05, 4.69) is 88.6 Å². The lowest BCUT2D eigenvalue weighted by Gasteiger charge is -2.32. The number of ether oxygens (including phenoxy) is 2. The number of rotatable bonds is 11. The summed E-state index contributed by atoms with van der Waals surface area (Å²) < 4.78 is 13.7. The van der Waals surface area contributed by atoms with Crippen LogP contribution in [0.25, 0.3) is 11.1 Å². The third-order valence-corrected chi connectivity index (χ3v) is 6.27. The van der Waals surface area contributed by atoms with E-state index in [1.165, 1.54) is 42.6 Å². The van der Waals surface area contributed by atoms with E-state index in [1.54, 1.807) is 0 Å². The van der Waals surface area contributed by atoms with E-state index in [0.717, 1.165) is 19.7 Å². The molecule has 168 valence electrons. The fourth-order valence-electron chi connectivity index (χ4n) is 4.33. The van der Waals surface area contributed by atoms with Gasteiger partial charge in [0.25, 0.3) is 0 Å². The van der Waals surface area contributed by atoms with Crippen molar-refractivity contribution in [1.82, 2.24) is 4.90 Å². The van der Waals surface area contributed by atoms with Crippen molar-refractivity contribution in [2.24, 2.45) is 0 Å². The number of pyridine rings is 1. The van der Waals surface area contributed by atoms with Gasteiger partial charge >= 0.3 is 0 Å². The van der Waals surface area contributed by atoms with Crippen molar-refractivity contribution in [3.63, 3.8) is 0 Å². The molecule has 32 heavy (non-hydrogen) atoms. The summed E-state index contributed by atoms with van der Waals surface area (Å²) in [7, 11) is 0. The van der Waals surface area contributed by atoms with Crippen LogP contribution in [-0.4, -0.2) is 51.0 Å². The summed E-state index contributed by atoms with van der Waals surface area (Å²) in [6.45, 7) is 7.01. The molecule has 2 heterocycles. The largest absolute Gasteiger partial charge is 0.378 e. The Hall–Kier alpha value is -2.53. The summed E-state index contributed by atoms with van der Waals surface area (Å²) in [5, 5.41) is 0. The summed E-state index contributed by atoms with van der Waals surface area (Å²) in [6.07, 6.45) is 6.72. The predicted molar refractivity (Wildman–Crippen MR) is 129 cm³/mol. The van der Waals surface area contributed by atoms with E-state index < -0.39 is 0 Å². The molecule has 1 aromatic heterocycles. The van der Waals surface area contributed by atoms with Crippen LogP contribution >= 0.6 is 0 Å². The molecule has 1 saturated heterocycles. The molecular formula is C28H35N2O2+. The first-order chi connectivity index (χ1) is 15.9. The molecule has 0 amide bonds. The Labute approximate surface area is 192 Å². The van der Waals surface area contributed by atoms with Gasteiger partial charge in [-0.2, -0.15) is 0 Å². The van der Waals surface area contributed by atoms with Crippen LogP contribution in [0.4, 0.5) is 0 Å². The van der Waals surface area contributed by atoms with E-state index in [9.17, 15) is 0 Å². The highest BCUT2D eigenvalue weighted by atomic mass is 16.5. The van der Waals surface area contributed by atoms with Gasteiger partial charge in [-0.15, -0.1) is 0 Å². The fourth-order valence-corrected chi connectivity index (χ4v) is 4.33. The molecule has 0 atom stereocenters. The molecule has 4 heteroatoms. The maximum Gasteiger partial charge on any atom is 0.171 e. The van der Waals surface area contributed by atoms with Gasteiger partial charge in [-0.25, -0.2) is 4.57 Å². The van der Waals surface area contributed by atoms with E-state index in [0.29, 0.717) is 25.7 Å². The van der Waals surface area contributed by atoms with E-state index >= 15 is 0 Å². The Bertz CT molecular complexity index is 892. The topological polar surface area (TPSA) is 25.6 Å². The van der Waals surface area contributed by atoms with E-state index in [4.69, 9.17) is 9.47 Å². The number of benzene rings is 2. The Balaban J connectivity index is 1.02. The first-order valence-electron chi connectivity index (χ1n) is 11.9. The van der Waals surface area contributed by atoms with Crippen LogP contribution in [0.1, 0.15) is 24.3 Å². The number of aromatic nitrogens is 1. The summed E-state index contributed by atoms with van der Waals surface area (Å²) in [5.74, 6) is 0.717. The summed E-state index contributed by atoms with van der Waals surface area (Å²) in [4.78, 5) is 2.52. The second kappa shape index (κ2) is 12.5. The van der Waals surface area contributed by atoms with Crippen molar-refractivity contribution >= 4 is 0 Å². The molecule has 1 fully saturated rings. The lowest BCUT2D eigenvalue weighted by molar-refractivity contribution is -0.698. The average Bonchev–Trinajstić information content (AvgIpc) is 2.87. The quantitative estimate of drug-likeness (QED) is 0.329. The predicted octanol–water partition coefficient (Wildman–Crippen LogP) is 4.55. The zero-order valence-corrected chi connectivity index (χ0v) is 18.9. The van der Waals surface area contributed by atoms with Crippen LogP contribution < -0.4 is 4.57 Å². The summed E-state index contributed by atoms with van der Waals surface area (Å²) in [5.41, 5.74) is 3.97. The maximum absolute atomic E-state index is 5.79. The van der Waals surface area contributed by atoms with Crippen LogP contribution in [0.5, 0.6) is 0 Å². The number of piperidine rings is 1. The Morgan fingerprint density at radius 3 is 1.97 bits per heavy atom. The Morgan fingerprint density at radius 2 is 1.28 bits per heavy atom. The normalized spacial score (nSPS) is 15.1. The highest BCUT2D eigenvalue weighted by Gasteiger charge is 2.19. The molecule has 0 spiro atoms. The van der Waals surface area contributed by atoms with Crippen LogP contribution in [0.3, 0.4) is 0 Å². The Kier molecular flexibility index (Phi) is 8.84. The van der Waals surface area contributed by atoms with Gasteiger partial charge in [0.1, 0.15) is 6.61 Å². The van der Waals surface area contributed by atoms with Crippen molar-refractivity contribution in [3.8, 4) is 11.1 Å². The van der Waals surface area contributed by atoms with Gasteiger partial charge in [-0.1, -0.05) is 60.7 Å². The van der Waals surface area contributed by atoms with E-state index in [-0.39, 0.29) is 0 Å². The first kappa shape index (κ1) is 22.7. The van der Waals surface area contributed by atoms with Gasteiger partial charge in [0.05, 0.1) is 19.8 Å². The third-order valence-electron chi connectivity index (χ3n) is 6.27. The lowest BCUT2D eigenvalue weighted by Crippen LogP contribution is -2.36. The van der Waals surface area contributed by atoms with Gasteiger partial charge < -0.3 is 14.4 Å². The molecule has 4 nitrogen and oxygen atoms in total. The monoisotopic (exact) mass is 431 g/mol. The molecule has 0 N–H and O–H groups in total. The number of nitrogens with zero attached hydrogens (tertiary/aromatic N) is 2. The van der Waals surface area contributed by atoms with Gasteiger partial charge in [-0.05, 0) is 48.5 Å². The number of hydrogen-bond donors (Lipinski definition) is 0. The molecule has 0 bridgehead atoms. The van der Waals surface area contributed by atoms with Crippen molar-refractivity contribution in [2.75, 3.05) is 46.1 Å². The Morgan fingerprint density at radius 1 is 0.688 bits per heavy atom. The zero-order chi connectivity index (χ0) is 21.8. The van der Waals surface area contributed by atoms with Crippen molar-refractivity contribution < 1.29 is 14.0 Å². The van der Waals surface area contributed by atoms with Crippen LogP contribution in [0.15, 0.2) is 85.2 Å². The second-order valence-electron chi connectivity index (χ2n) is 8.44. The van der Waals surface area contributed by atoms with Crippen molar-refractivity contribution in [2.45, 2.75) is 25.3 Å².